The molecular formula is C11H16ClNS. The fourth-order valence-electron chi connectivity index (χ4n) is 2.08. The van der Waals surface area contributed by atoms with Gasteiger partial charge in [-0.2, -0.15) is 0 Å². The summed E-state index contributed by atoms with van der Waals surface area (Å²) in [4.78, 5) is 5.77. The molecule has 0 bridgehead atoms. The maximum atomic E-state index is 5.92. The van der Waals surface area contributed by atoms with Crippen molar-refractivity contribution in [2.45, 2.75) is 40.0 Å². The molecule has 0 unspecified atom stereocenters. The van der Waals surface area contributed by atoms with Crippen LogP contribution in [0.2, 0.25) is 4.47 Å². The standard InChI is InChI=1S/C11H16ClNS/c1-11(2,3)7-4-5-8-9(6-7)14-10(12)13-8/h7H,4-6H2,1-3H3/t7-/m0/s1. The number of thiazole rings is 1. The number of aromatic nitrogens is 1. The summed E-state index contributed by atoms with van der Waals surface area (Å²) in [5.74, 6) is 0.784. The molecule has 14 heavy (non-hydrogen) atoms. The number of hydrogen-bond acceptors (Lipinski definition) is 2. The minimum absolute atomic E-state index is 0.411. The second-order valence-corrected chi connectivity index (χ2v) is 6.81. The number of aryl methyl sites for hydroxylation is 1. The number of rotatable bonds is 0. The van der Waals surface area contributed by atoms with Crippen LogP contribution in [0.1, 0.15) is 37.8 Å². The van der Waals surface area contributed by atoms with Crippen LogP contribution >= 0.6 is 22.9 Å². The van der Waals surface area contributed by atoms with Crippen molar-refractivity contribution in [3.63, 3.8) is 0 Å². The number of fused-ring (bicyclic) bond motifs is 1. The van der Waals surface area contributed by atoms with Crippen LogP contribution in [-0.4, -0.2) is 4.98 Å². The molecule has 0 spiro atoms. The van der Waals surface area contributed by atoms with Gasteiger partial charge >= 0.3 is 0 Å². The van der Waals surface area contributed by atoms with E-state index in [1.165, 1.54) is 23.4 Å². The maximum absolute atomic E-state index is 5.92. The Kier molecular flexibility index (Phi) is 2.61. The molecule has 78 valence electrons. The number of halogens is 1. The van der Waals surface area contributed by atoms with Gasteiger partial charge in [0.1, 0.15) is 0 Å². The molecule has 0 aromatic carbocycles. The minimum Gasteiger partial charge on any atom is -0.230 e. The first kappa shape index (κ1) is 10.4. The van der Waals surface area contributed by atoms with E-state index in [0.29, 0.717) is 9.88 Å². The number of hydrogen-bond donors (Lipinski definition) is 0. The third kappa shape index (κ3) is 1.96. The van der Waals surface area contributed by atoms with E-state index < -0.39 is 0 Å². The second kappa shape index (κ2) is 3.49. The van der Waals surface area contributed by atoms with E-state index in [2.05, 4.69) is 25.8 Å². The fourth-order valence-corrected chi connectivity index (χ4v) is 3.37. The Bertz CT molecular complexity index is 338. The van der Waals surface area contributed by atoms with E-state index in [9.17, 15) is 0 Å². The van der Waals surface area contributed by atoms with Crippen LogP contribution in [0, 0.1) is 11.3 Å². The van der Waals surface area contributed by atoms with E-state index >= 15 is 0 Å². The molecule has 3 heteroatoms. The van der Waals surface area contributed by atoms with Gasteiger partial charge in [0.25, 0.3) is 0 Å². The Balaban J connectivity index is 2.21. The summed E-state index contributed by atoms with van der Waals surface area (Å²) in [6.07, 6.45) is 3.54. The monoisotopic (exact) mass is 229 g/mol. The van der Waals surface area contributed by atoms with Crippen molar-refractivity contribution in [3.05, 3.63) is 15.0 Å². The lowest BCUT2D eigenvalue weighted by Gasteiger charge is -2.33. The molecule has 1 aliphatic carbocycles. The van der Waals surface area contributed by atoms with Crippen LogP contribution in [-0.2, 0) is 12.8 Å². The van der Waals surface area contributed by atoms with Gasteiger partial charge in [0.05, 0.1) is 5.69 Å². The summed E-state index contributed by atoms with van der Waals surface area (Å²) in [6.45, 7) is 6.97. The lowest BCUT2D eigenvalue weighted by atomic mass is 9.73. The molecule has 0 saturated carbocycles. The first-order valence-electron chi connectivity index (χ1n) is 5.11. The highest BCUT2D eigenvalue weighted by molar-refractivity contribution is 7.15. The van der Waals surface area contributed by atoms with Crippen LogP contribution in [0.3, 0.4) is 0 Å². The summed E-state index contributed by atoms with van der Waals surface area (Å²) < 4.78 is 0.713. The molecule has 0 aliphatic heterocycles. The molecule has 1 nitrogen and oxygen atoms in total. The molecule has 0 N–H and O–H groups in total. The number of nitrogens with zero attached hydrogens (tertiary/aromatic N) is 1. The zero-order valence-corrected chi connectivity index (χ0v) is 10.5. The normalized spacial score (nSPS) is 22.1. The van der Waals surface area contributed by atoms with Crippen LogP contribution < -0.4 is 0 Å². The first-order chi connectivity index (χ1) is 6.47. The Labute approximate surface area is 94.5 Å². The van der Waals surface area contributed by atoms with Gasteiger partial charge in [-0.1, -0.05) is 32.4 Å². The van der Waals surface area contributed by atoms with E-state index in [1.807, 2.05) is 0 Å². The SMILES string of the molecule is CC(C)(C)[C@H]1CCc2nc(Cl)sc2C1. The van der Waals surface area contributed by atoms with Gasteiger partial charge in [-0.25, -0.2) is 4.98 Å². The predicted octanol–water partition coefficient (Wildman–Crippen LogP) is 3.95. The zero-order chi connectivity index (χ0) is 10.3. The Morgan fingerprint density at radius 3 is 2.79 bits per heavy atom. The summed E-state index contributed by atoms with van der Waals surface area (Å²) in [6, 6.07) is 0. The largest absolute Gasteiger partial charge is 0.230 e. The molecular weight excluding hydrogens is 214 g/mol. The first-order valence-corrected chi connectivity index (χ1v) is 6.30. The Morgan fingerprint density at radius 2 is 2.14 bits per heavy atom. The molecule has 1 atom stereocenters. The van der Waals surface area contributed by atoms with Crippen LogP contribution in [0.15, 0.2) is 0 Å². The minimum atomic E-state index is 0.411. The summed E-state index contributed by atoms with van der Waals surface area (Å²) in [5.41, 5.74) is 1.66. The van der Waals surface area contributed by atoms with Gasteiger partial charge in [-0.05, 0) is 30.6 Å². The molecule has 0 radical (unpaired) electrons. The molecule has 1 heterocycles. The quantitative estimate of drug-likeness (QED) is 0.657. The van der Waals surface area contributed by atoms with Crippen LogP contribution in [0.25, 0.3) is 0 Å². The molecule has 0 fully saturated rings. The molecule has 0 amide bonds. The zero-order valence-electron chi connectivity index (χ0n) is 8.93. The third-order valence-corrected chi connectivity index (χ3v) is 4.36. The smallest absolute Gasteiger partial charge is 0.184 e. The van der Waals surface area contributed by atoms with E-state index in [1.54, 1.807) is 11.3 Å². The summed E-state index contributed by atoms with van der Waals surface area (Å²) in [5, 5.41) is 0. The van der Waals surface area contributed by atoms with Gasteiger partial charge in [0, 0.05) is 4.88 Å². The molecule has 2 rings (SSSR count). The van der Waals surface area contributed by atoms with Crippen molar-refractivity contribution in [1.29, 1.82) is 0 Å². The molecule has 1 aliphatic rings. The third-order valence-electron chi connectivity index (χ3n) is 3.14. The highest BCUT2D eigenvalue weighted by atomic mass is 35.5. The van der Waals surface area contributed by atoms with Gasteiger partial charge in [0.15, 0.2) is 4.47 Å². The van der Waals surface area contributed by atoms with Gasteiger partial charge < -0.3 is 0 Å². The summed E-state index contributed by atoms with van der Waals surface area (Å²) >= 11 is 7.58. The van der Waals surface area contributed by atoms with Crippen LogP contribution in [0.4, 0.5) is 0 Å². The van der Waals surface area contributed by atoms with Crippen molar-refractivity contribution in [2.75, 3.05) is 0 Å². The Morgan fingerprint density at radius 1 is 1.43 bits per heavy atom. The Hall–Kier alpha value is -0.0800. The lowest BCUT2D eigenvalue weighted by Crippen LogP contribution is -2.26. The average molecular weight is 230 g/mol. The predicted molar refractivity (Wildman–Crippen MR) is 62.1 cm³/mol. The summed E-state index contributed by atoms with van der Waals surface area (Å²) in [7, 11) is 0. The maximum Gasteiger partial charge on any atom is 0.184 e. The van der Waals surface area contributed by atoms with E-state index in [-0.39, 0.29) is 0 Å². The van der Waals surface area contributed by atoms with Gasteiger partial charge in [-0.15, -0.1) is 11.3 Å². The van der Waals surface area contributed by atoms with Crippen LogP contribution in [0.5, 0.6) is 0 Å². The van der Waals surface area contributed by atoms with Gasteiger partial charge in [0.2, 0.25) is 0 Å². The second-order valence-electron chi connectivity index (χ2n) is 5.14. The van der Waals surface area contributed by atoms with Crippen molar-refractivity contribution in [1.82, 2.24) is 4.98 Å². The van der Waals surface area contributed by atoms with Crippen molar-refractivity contribution < 1.29 is 0 Å². The fraction of sp³-hybridized carbons (Fsp3) is 0.727. The van der Waals surface area contributed by atoms with Crippen molar-refractivity contribution >= 4 is 22.9 Å². The molecule has 1 aromatic rings. The van der Waals surface area contributed by atoms with E-state index in [0.717, 1.165) is 12.3 Å². The topological polar surface area (TPSA) is 12.9 Å². The van der Waals surface area contributed by atoms with Gasteiger partial charge in [-0.3, -0.25) is 0 Å². The highest BCUT2D eigenvalue weighted by Gasteiger charge is 2.30. The highest BCUT2D eigenvalue weighted by Crippen LogP contribution is 2.39. The van der Waals surface area contributed by atoms with E-state index in [4.69, 9.17) is 11.6 Å². The van der Waals surface area contributed by atoms with Crippen molar-refractivity contribution in [3.8, 4) is 0 Å². The lowest BCUT2D eigenvalue weighted by molar-refractivity contribution is 0.217. The average Bonchev–Trinajstić information content (AvgIpc) is 2.41. The molecule has 1 aromatic heterocycles. The van der Waals surface area contributed by atoms with Crippen molar-refractivity contribution in [2.24, 2.45) is 11.3 Å². The molecule has 0 saturated heterocycles.